The summed E-state index contributed by atoms with van der Waals surface area (Å²) in [6.07, 6.45) is 4.09. The van der Waals surface area contributed by atoms with Gasteiger partial charge in [-0.25, -0.2) is 0 Å². The maximum atomic E-state index is 11.8. The molecule has 0 fully saturated rings. The molecule has 3 nitrogen and oxygen atoms in total. The minimum absolute atomic E-state index is 0.0509. The molecule has 0 atom stereocenters. The SMILES string of the molecule is Cc1cccc(CCNC(=O)c2ccncc2)c1. The third-order valence-electron chi connectivity index (χ3n) is 2.72. The van der Waals surface area contributed by atoms with Crippen LogP contribution < -0.4 is 5.32 Å². The Morgan fingerprint density at radius 3 is 2.72 bits per heavy atom. The van der Waals surface area contributed by atoms with Gasteiger partial charge in [0.05, 0.1) is 0 Å². The summed E-state index contributed by atoms with van der Waals surface area (Å²) < 4.78 is 0. The van der Waals surface area contributed by atoms with E-state index in [1.165, 1.54) is 11.1 Å². The van der Waals surface area contributed by atoms with Crippen LogP contribution in [0.5, 0.6) is 0 Å². The van der Waals surface area contributed by atoms with Crippen LogP contribution in [0, 0.1) is 6.92 Å². The van der Waals surface area contributed by atoms with Gasteiger partial charge in [-0.15, -0.1) is 0 Å². The number of aromatic nitrogens is 1. The molecule has 0 saturated carbocycles. The van der Waals surface area contributed by atoms with Gasteiger partial charge in [0, 0.05) is 24.5 Å². The van der Waals surface area contributed by atoms with E-state index in [0.717, 1.165) is 6.42 Å². The van der Waals surface area contributed by atoms with E-state index < -0.39 is 0 Å². The number of nitrogens with zero attached hydrogens (tertiary/aromatic N) is 1. The van der Waals surface area contributed by atoms with Crippen molar-refractivity contribution in [2.75, 3.05) is 6.54 Å². The molecule has 0 spiro atoms. The smallest absolute Gasteiger partial charge is 0.251 e. The van der Waals surface area contributed by atoms with Crippen molar-refractivity contribution in [2.45, 2.75) is 13.3 Å². The molecule has 1 N–H and O–H groups in total. The third-order valence-corrected chi connectivity index (χ3v) is 2.72. The highest BCUT2D eigenvalue weighted by molar-refractivity contribution is 5.93. The zero-order chi connectivity index (χ0) is 12.8. The monoisotopic (exact) mass is 240 g/mol. The lowest BCUT2D eigenvalue weighted by atomic mass is 10.1. The second-order valence-corrected chi connectivity index (χ2v) is 4.23. The van der Waals surface area contributed by atoms with Crippen LogP contribution >= 0.6 is 0 Å². The fourth-order valence-corrected chi connectivity index (χ4v) is 1.79. The number of amides is 1. The van der Waals surface area contributed by atoms with E-state index >= 15 is 0 Å². The molecule has 0 radical (unpaired) electrons. The molecule has 2 aromatic rings. The summed E-state index contributed by atoms with van der Waals surface area (Å²) in [4.78, 5) is 15.6. The molecule has 2 rings (SSSR count). The molecule has 0 bridgehead atoms. The number of carbonyl (C=O) groups excluding carboxylic acids is 1. The Kier molecular flexibility index (Phi) is 4.07. The van der Waals surface area contributed by atoms with Gasteiger partial charge in [-0.3, -0.25) is 9.78 Å². The molecular formula is C15H16N2O. The lowest BCUT2D eigenvalue weighted by Gasteiger charge is -2.05. The molecule has 0 aliphatic rings. The minimum Gasteiger partial charge on any atom is -0.352 e. The first-order chi connectivity index (χ1) is 8.75. The van der Waals surface area contributed by atoms with Crippen molar-refractivity contribution in [1.82, 2.24) is 10.3 Å². The zero-order valence-corrected chi connectivity index (χ0v) is 10.4. The summed E-state index contributed by atoms with van der Waals surface area (Å²) in [5.41, 5.74) is 3.13. The number of carbonyl (C=O) groups is 1. The van der Waals surface area contributed by atoms with Crippen LogP contribution in [-0.4, -0.2) is 17.4 Å². The average Bonchev–Trinajstić information content (AvgIpc) is 2.40. The molecule has 1 aromatic carbocycles. The number of aryl methyl sites for hydroxylation is 1. The Morgan fingerprint density at radius 2 is 2.00 bits per heavy atom. The van der Waals surface area contributed by atoms with Crippen molar-refractivity contribution in [3.8, 4) is 0 Å². The maximum Gasteiger partial charge on any atom is 0.251 e. The first kappa shape index (κ1) is 12.3. The third kappa shape index (κ3) is 3.42. The predicted octanol–water partition coefficient (Wildman–Crippen LogP) is 2.36. The summed E-state index contributed by atoms with van der Waals surface area (Å²) in [6, 6.07) is 11.7. The largest absolute Gasteiger partial charge is 0.352 e. The van der Waals surface area contributed by atoms with Crippen LogP contribution in [0.4, 0.5) is 0 Å². The summed E-state index contributed by atoms with van der Waals surface area (Å²) in [6.45, 7) is 2.71. The highest BCUT2D eigenvalue weighted by Gasteiger charge is 2.03. The Bertz CT molecular complexity index is 523. The summed E-state index contributed by atoms with van der Waals surface area (Å²) in [7, 11) is 0. The van der Waals surface area contributed by atoms with Gasteiger partial charge in [-0.1, -0.05) is 29.8 Å². The molecular weight excluding hydrogens is 224 g/mol. The molecule has 1 aromatic heterocycles. The second kappa shape index (κ2) is 5.96. The van der Waals surface area contributed by atoms with E-state index in [2.05, 4.69) is 35.4 Å². The quantitative estimate of drug-likeness (QED) is 0.891. The van der Waals surface area contributed by atoms with E-state index in [9.17, 15) is 4.79 Å². The van der Waals surface area contributed by atoms with Crippen LogP contribution in [0.25, 0.3) is 0 Å². The van der Waals surface area contributed by atoms with Gasteiger partial charge in [0.15, 0.2) is 0 Å². The van der Waals surface area contributed by atoms with E-state index in [4.69, 9.17) is 0 Å². The Morgan fingerprint density at radius 1 is 1.22 bits per heavy atom. The van der Waals surface area contributed by atoms with Crippen LogP contribution in [-0.2, 0) is 6.42 Å². The fraction of sp³-hybridized carbons (Fsp3) is 0.200. The van der Waals surface area contributed by atoms with Gasteiger partial charge in [-0.2, -0.15) is 0 Å². The van der Waals surface area contributed by atoms with Crippen molar-refractivity contribution in [2.24, 2.45) is 0 Å². The number of rotatable bonds is 4. The molecule has 0 saturated heterocycles. The van der Waals surface area contributed by atoms with Crippen molar-refractivity contribution in [3.05, 3.63) is 65.5 Å². The molecule has 0 aliphatic heterocycles. The van der Waals surface area contributed by atoms with Crippen LogP contribution in [0.2, 0.25) is 0 Å². The molecule has 1 amide bonds. The van der Waals surface area contributed by atoms with Crippen LogP contribution in [0.15, 0.2) is 48.8 Å². The van der Waals surface area contributed by atoms with Gasteiger partial charge in [0.25, 0.3) is 5.91 Å². The van der Waals surface area contributed by atoms with Gasteiger partial charge >= 0.3 is 0 Å². The fourth-order valence-electron chi connectivity index (χ4n) is 1.79. The Hall–Kier alpha value is -2.16. The lowest BCUT2D eigenvalue weighted by molar-refractivity contribution is 0.0954. The number of hydrogen-bond donors (Lipinski definition) is 1. The average molecular weight is 240 g/mol. The highest BCUT2D eigenvalue weighted by Crippen LogP contribution is 2.04. The molecule has 18 heavy (non-hydrogen) atoms. The first-order valence-electron chi connectivity index (χ1n) is 5.99. The number of pyridine rings is 1. The molecule has 92 valence electrons. The first-order valence-corrected chi connectivity index (χ1v) is 5.99. The topological polar surface area (TPSA) is 42.0 Å². The predicted molar refractivity (Wildman–Crippen MR) is 71.5 cm³/mol. The number of nitrogens with one attached hydrogen (secondary N) is 1. The lowest BCUT2D eigenvalue weighted by Crippen LogP contribution is -2.25. The highest BCUT2D eigenvalue weighted by atomic mass is 16.1. The van der Waals surface area contributed by atoms with Gasteiger partial charge in [0.1, 0.15) is 0 Å². The van der Waals surface area contributed by atoms with Crippen molar-refractivity contribution in [1.29, 1.82) is 0 Å². The van der Waals surface area contributed by atoms with Crippen LogP contribution in [0.1, 0.15) is 21.5 Å². The Labute approximate surface area is 107 Å². The Balaban J connectivity index is 1.84. The molecule has 0 aliphatic carbocycles. The standard InChI is InChI=1S/C15H16N2O/c1-12-3-2-4-13(11-12)5-10-17-15(18)14-6-8-16-9-7-14/h2-4,6-9,11H,5,10H2,1H3,(H,17,18). The molecule has 1 heterocycles. The second-order valence-electron chi connectivity index (χ2n) is 4.23. The van der Waals surface area contributed by atoms with Gasteiger partial charge in [0.2, 0.25) is 0 Å². The number of benzene rings is 1. The van der Waals surface area contributed by atoms with Gasteiger partial charge in [-0.05, 0) is 31.0 Å². The summed E-state index contributed by atoms with van der Waals surface area (Å²) in [5, 5.41) is 2.90. The zero-order valence-electron chi connectivity index (χ0n) is 10.4. The van der Waals surface area contributed by atoms with Crippen LogP contribution in [0.3, 0.4) is 0 Å². The van der Waals surface area contributed by atoms with Crippen molar-refractivity contribution in [3.63, 3.8) is 0 Å². The van der Waals surface area contributed by atoms with E-state index in [1.807, 2.05) is 6.07 Å². The minimum atomic E-state index is -0.0509. The van der Waals surface area contributed by atoms with E-state index in [1.54, 1.807) is 24.5 Å². The van der Waals surface area contributed by atoms with Gasteiger partial charge < -0.3 is 5.32 Å². The molecule has 3 heteroatoms. The normalized spacial score (nSPS) is 10.1. The van der Waals surface area contributed by atoms with Crippen molar-refractivity contribution < 1.29 is 4.79 Å². The number of hydrogen-bond acceptors (Lipinski definition) is 2. The van der Waals surface area contributed by atoms with Crippen molar-refractivity contribution >= 4 is 5.91 Å². The molecule has 0 unspecified atom stereocenters. The summed E-state index contributed by atoms with van der Waals surface area (Å²) >= 11 is 0. The maximum absolute atomic E-state index is 11.8. The van der Waals surface area contributed by atoms with E-state index in [-0.39, 0.29) is 5.91 Å². The van der Waals surface area contributed by atoms with E-state index in [0.29, 0.717) is 12.1 Å². The summed E-state index contributed by atoms with van der Waals surface area (Å²) in [5.74, 6) is -0.0509.